The molecular weight excluding hydrogens is 276 g/mol. The third-order valence-corrected chi connectivity index (χ3v) is 5.89. The summed E-state index contributed by atoms with van der Waals surface area (Å²) in [6.45, 7) is 0.906. The summed E-state index contributed by atoms with van der Waals surface area (Å²) in [5.74, 6) is 0.173. The number of rotatable bonds is 2. The first-order chi connectivity index (χ1) is 9.46. The number of nitrogens with one attached hydrogen (secondary N) is 1. The van der Waals surface area contributed by atoms with Crippen LogP contribution in [0.1, 0.15) is 22.3 Å². The summed E-state index contributed by atoms with van der Waals surface area (Å²) < 4.78 is 23.0. The minimum Gasteiger partial charge on any atom is -0.384 e. The normalized spacial score (nSPS) is 23.1. The molecule has 5 nitrogen and oxygen atoms in total. The third kappa shape index (κ3) is 2.40. The Hall–Kier alpha value is -1.56. The van der Waals surface area contributed by atoms with E-state index in [1.54, 1.807) is 18.0 Å². The van der Waals surface area contributed by atoms with Crippen molar-refractivity contribution in [2.45, 2.75) is 18.9 Å². The van der Waals surface area contributed by atoms with Crippen LogP contribution in [0.5, 0.6) is 0 Å². The molecule has 6 heteroatoms. The summed E-state index contributed by atoms with van der Waals surface area (Å²) in [6, 6.07) is 5.45. The van der Waals surface area contributed by atoms with Crippen LogP contribution in [0.25, 0.3) is 0 Å². The predicted octanol–water partition coefficient (Wildman–Crippen LogP) is 0.914. The van der Waals surface area contributed by atoms with Gasteiger partial charge in [0.1, 0.15) is 0 Å². The van der Waals surface area contributed by atoms with Gasteiger partial charge >= 0.3 is 0 Å². The highest BCUT2D eigenvalue weighted by Crippen LogP contribution is 2.25. The molecule has 2 heterocycles. The number of hydrogen-bond acceptors (Lipinski definition) is 4. The van der Waals surface area contributed by atoms with E-state index < -0.39 is 9.84 Å². The van der Waals surface area contributed by atoms with Crippen LogP contribution in [-0.2, 0) is 16.3 Å². The molecular formula is C14H18N2O3S. The van der Waals surface area contributed by atoms with E-state index in [2.05, 4.69) is 5.32 Å². The van der Waals surface area contributed by atoms with Gasteiger partial charge in [-0.25, -0.2) is 8.42 Å². The van der Waals surface area contributed by atoms with Crippen LogP contribution in [0.2, 0.25) is 0 Å². The van der Waals surface area contributed by atoms with Gasteiger partial charge in [-0.3, -0.25) is 4.79 Å². The second-order valence-corrected chi connectivity index (χ2v) is 7.75. The summed E-state index contributed by atoms with van der Waals surface area (Å²) in [7, 11) is -1.28. The van der Waals surface area contributed by atoms with Crippen LogP contribution in [-0.4, -0.2) is 50.4 Å². The first kappa shape index (κ1) is 13.4. The lowest BCUT2D eigenvalue weighted by atomic mass is 10.1. The molecule has 1 unspecified atom stereocenters. The van der Waals surface area contributed by atoms with Crippen LogP contribution in [0.4, 0.5) is 5.69 Å². The Morgan fingerprint density at radius 1 is 1.40 bits per heavy atom. The van der Waals surface area contributed by atoms with Gasteiger partial charge in [-0.15, -0.1) is 0 Å². The fraction of sp³-hybridized carbons (Fsp3) is 0.500. The van der Waals surface area contributed by atoms with Gasteiger partial charge in [0, 0.05) is 30.9 Å². The molecule has 2 aliphatic rings. The quantitative estimate of drug-likeness (QED) is 0.880. The van der Waals surface area contributed by atoms with E-state index in [4.69, 9.17) is 0 Å². The molecule has 108 valence electrons. The molecule has 1 aromatic rings. The molecule has 1 saturated heterocycles. The average Bonchev–Trinajstić information content (AvgIpc) is 3.02. The molecule has 20 heavy (non-hydrogen) atoms. The fourth-order valence-electron chi connectivity index (χ4n) is 2.89. The topological polar surface area (TPSA) is 66.5 Å². The lowest BCUT2D eigenvalue weighted by Gasteiger charge is -2.23. The molecule has 2 aliphatic heterocycles. The number of nitrogens with zero attached hydrogens (tertiary/aromatic N) is 1. The molecule has 3 rings (SSSR count). The molecule has 0 aliphatic carbocycles. The molecule has 0 spiro atoms. The van der Waals surface area contributed by atoms with Gasteiger partial charge in [0.2, 0.25) is 0 Å². The van der Waals surface area contributed by atoms with Crippen molar-refractivity contribution in [3.05, 3.63) is 29.3 Å². The number of amides is 1. The van der Waals surface area contributed by atoms with Gasteiger partial charge in [0.25, 0.3) is 5.91 Å². The summed E-state index contributed by atoms with van der Waals surface area (Å²) in [6.07, 6.45) is 1.47. The van der Waals surface area contributed by atoms with Gasteiger partial charge in [-0.05, 0) is 36.6 Å². The Balaban J connectivity index is 1.79. The van der Waals surface area contributed by atoms with Crippen LogP contribution in [0.3, 0.4) is 0 Å². The number of carbonyl (C=O) groups excluding carboxylic acids is 1. The van der Waals surface area contributed by atoms with E-state index in [1.807, 2.05) is 12.1 Å². The monoisotopic (exact) mass is 294 g/mol. The van der Waals surface area contributed by atoms with Crippen molar-refractivity contribution in [3.63, 3.8) is 0 Å². The lowest BCUT2D eigenvalue weighted by Crippen LogP contribution is -2.37. The molecule has 1 atom stereocenters. The number of fused-ring (bicyclic) bond motifs is 1. The van der Waals surface area contributed by atoms with E-state index in [-0.39, 0.29) is 23.5 Å². The van der Waals surface area contributed by atoms with Gasteiger partial charge in [-0.1, -0.05) is 0 Å². The Morgan fingerprint density at radius 3 is 2.90 bits per heavy atom. The molecule has 1 fully saturated rings. The van der Waals surface area contributed by atoms with Crippen LogP contribution >= 0.6 is 0 Å². The van der Waals surface area contributed by atoms with E-state index in [0.717, 1.165) is 24.2 Å². The Labute approximate surface area is 118 Å². The van der Waals surface area contributed by atoms with Crippen molar-refractivity contribution in [3.8, 4) is 0 Å². The molecule has 0 saturated carbocycles. The maximum absolute atomic E-state index is 12.5. The average molecular weight is 294 g/mol. The van der Waals surface area contributed by atoms with Crippen LogP contribution in [0, 0.1) is 0 Å². The molecule has 0 bridgehead atoms. The molecule has 1 N–H and O–H groups in total. The number of benzene rings is 1. The van der Waals surface area contributed by atoms with Gasteiger partial charge < -0.3 is 10.2 Å². The third-order valence-electron chi connectivity index (χ3n) is 4.14. The Kier molecular flexibility index (Phi) is 3.20. The number of hydrogen-bond donors (Lipinski definition) is 1. The van der Waals surface area contributed by atoms with Crippen LogP contribution < -0.4 is 5.32 Å². The van der Waals surface area contributed by atoms with Crippen molar-refractivity contribution in [1.29, 1.82) is 0 Å². The standard InChI is InChI=1S/C14H18N2O3S/c1-16(12-5-7-20(18,19)9-12)14(17)11-2-3-13-10(8-11)4-6-15-13/h2-3,8,12,15H,4-7,9H2,1H3. The van der Waals surface area contributed by atoms with Crippen LogP contribution in [0.15, 0.2) is 18.2 Å². The van der Waals surface area contributed by atoms with Gasteiger partial charge in [0.15, 0.2) is 9.84 Å². The Morgan fingerprint density at radius 2 is 2.20 bits per heavy atom. The van der Waals surface area contributed by atoms with Crippen molar-refractivity contribution < 1.29 is 13.2 Å². The predicted molar refractivity (Wildman–Crippen MR) is 77.8 cm³/mol. The van der Waals surface area contributed by atoms with Gasteiger partial charge in [0.05, 0.1) is 11.5 Å². The number of sulfone groups is 1. The van der Waals surface area contributed by atoms with Crippen molar-refractivity contribution in [1.82, 2.24) is 4.90 Å². The van der Waals surface area contributed by atoms with Crippen molar-refractivity contribution in [2.75, 3.05) is 30.4 Å². The summed E-state index contributed by atoms with van der Waals surface area (Å²) in [5, 5.41) is 3.26. The molecule has 0 aromatic heterocycles. The van der Waals surface area contributed by atoms with E-state index in [1.165, 1.54) is 0 Å². The molecule has 0 radical (unpaired) electrons. The summed E-state index contributed by atoms with van der Waals surface area (Å²) in [5.41, 5.74) is 2.88. The molecule has 1 amide bonds. The minimum absolute atomic E-state index is 0.0851. The number of anilines is 1. The summed E-state index contributed by atoms with van der Waals surface area (Å²) in [4.78, 5) is 14.0. The van der Waals surface area contributed by atoms with E-state index in [0.29, 0.717) is 12.0 Å². The summed E-state index contributed by atoms with van der Waals surface area (Å²) >= 11 is 0. The number of carbonyl (C=O) groups is 1. The minimum atomic E-state index is -2.97. The highest BCUT2D eigenvalue weighted by Gasteiger charge is 2.33. The first-order valence-corrected chi connectivity index (χ1v) is 8.63. The molecule has 1 aromatic carbocycles. The largest absolute Gasteiger partial charge is 0.384 e. The SMILES string of the molecule is CN(C(=O)c1ccc2c(c1)CCN2)C1CCS(=O)(=O)C1. The Bertz CT molecular complexity index is 654. The second-order valence-electron chi connectivity index (χ2n) is 5.52. The smallest absolute Gasteiger partial charge is 0.253 e. The van der Waals surface area contributed by atoms with Crippen molar-refractivity contribution >= 4 is 21.4 Å². The van der Waals surface area contributed by atoms with E-state index >= 15 is 0 Å². The zero-order chi connectivity index (χ0) is 14.3. The van der Waals surface area contributed by atoms with Crippen molar-refractivity contribution in [2.24, 2.45) is 0 Å². The lowest BCUT2D eigenvalue weighted by molar-refractivity contribution is 0.0747. The highest BCUT2D eigenvalue weighted by molar-refractivity contribution is 7.91. The first-order valence-electron chi connectivity index (χ1n) is 6.81. The zero-order valence-electron chi connectivity index (χ0n) is 11.4. The van der Waals surface area contributed by atoms with Gasteiger partial charge in [-0.2, -0.15) is 0 Å². The maximum Gasteiger partial charge on any atom is 0.253 e. The highest BCUT2D eigenvalue weighted by atomic mass is 32.2. The zero-order valence-corrected chi connectivity index (χ0v) is 12.2. The van der Waals surface area contributed by atoms with E-state index in [9.17, 15) is 13.2 Å². The fourth-order valence-corrected chi connectivity index (χ4v) is 4.66. The second kappa shape index (κ2) is 4.77. The maximum atomic E-state index is 12.5.